The van der Waals surface area contributed by atoms with Crippen LogP contribution in [0.1, 0.15) is 25.5 Å². The number of imidazole rings is 2. The minimum absolute atomic E-state index is 0. The smallest absolute Gasteiger partial charge is 0.107 e. The third kappa shape index (κ3) is 7.54. The molecule has 0 amide bonds. The normalized spacial score (nSPS) is 9.68. The molecule has 0 bridgehead atoms. The molecular formula is C22H32N4P2. The van der Waals surface area contributed by atoms with Crippen molar-refractivity contribution in [2.75, 3.05) is 12.3 Å². The number of nitrogens with zero attached hydrogens (tertiary/aromatic N) is 2. The van der Waals surface area contributed by atoms with Gasteiger partial charge in [-0.05, 0) is 49.9 Å². The minimum atomic E-state index is 0. The van der Waals surface area contributed by atoms with Crippen LogP contribution in [0, 0.1) is 6.92 Å². The van der Waals surface area contributed by atoms with Gasteiger partial charge in [-0.1, -0.05) is 37.8 Å². The zero-order chi connectivity index (χ0) is 19.5. The van der Waals surface area contributed by atoms with Crippen LogP contribution in [-0.4, -0.2) is 32.3 Å². The molecule has 0 aliphatic carbocycles. The number of aromatic nitrogens is 4. The molecule has 2 aromatic heterocycles. The zero-order valence-electron chi connectivity index (χ0n) is 15.8. The second-order valence-electron chi connectivity index (χ2n) is 5.96. The Morgan fingerprint density at radius 1 is 0.929 bits per heavy atom. The summed E-state index contributed by atoms with van der Waals surface area (Å²) >= 11 is 0. The van der Waals surface area contributed by atoms with Crippen molar-refractivity contribution >= 4 is 40.5 Å². The number of hydrogen-bond donors (Lipinski definition) is 2. The van der Waals surface area contributed by atoms with Gasteiger partial charge in [0.1, 0.15) is 11.6 Å². The van der Waals surface area contributed by atoms with Crippen molar-refractivity contribution in [2.24, 2.45) is 0 Å². The molecule has 2 atom stereocenters. The van der Waals surface area contributed by atoms with Crippen molar-refractivity contribution in [1.82, 2.24) is 19.9 Å². The highest BCUT2D eigenvalue weighted by atomic mass is 31.0. The van der Waals surface area contributed by atoms with Crippen LogP contribution in [0.15, 0.2) is 61.2 Å². The van der Waals surface area contributed by atoms with Crippen molar-refractivity contribution in [3.63, 3.8) is 0 Å². The van der Waals surface area contributed by atoms with Crippen molar-refractivity contribution in [3.05, 3.63) is 72.8 Å². The fourth-order valence-electron chi connectivity index (χ4n) is 2.47. The Hall–Kier alpha value is -2.02. The van der Waals surface area contributed by atoms with Crippen LogP contribution >= 0.6 is 18.5 Å². The molecule has 150 valence electrons. The summed E-state index contributed by atoms with van der Waals surface area (Å²) in [7, 11) is 5.27. The monoisotopic (exact) mass is 414 g/mol. The van der Waals surface area contributed by atoms with Gasteiger partial charge >= 0.3 is 0 Å². The third-order valence-electron chi connectivity index (χ3n) is 3.73. The summed E-state index contributed by atoms with van der Waals surface area (Å²) in [6.45, 7) is 5.42. The second-order valence-corrected chi connectivity index (χ2v) is 7.01. The Morgan fingerprint density at radius 2 is 1.46 bits per heavy atom. The number of aromatic amines is 2. The van der Waals surface area contributed by atoms with Gasteiger partial charge in [0.25, 0.3) is 0 Å². The zero-order valence-corrected chi connectivity index (χ0v) is 18.1. The SMILES string of the molecule is C.C=CCP.Cc1nc2ccccc2[nH]1.PCCCc1nc2ccccc2[nH]1. The van der Waals surface area contributed by atoms with Crippen LogP contribution in [0.25, 0.3) is 22.1 Å². The van der Waals surface area contributed by atoms with Gasteiger partial charge in [0.05, 0.1) is 22.1 Å². The molecule has 2 N–H and O–H groups in total. The van der Waals surface area contributed by atoms with Gasteiger partial charge in [0.15, 0.2) is 0 Å². The Morgan fingerprint density at radius 3 is 1.96 bits per heavy atom. The first kappa shape index (κ1) is 24.0. The molecule has 0 saturated carbocycles. The third-order valence-corrected chi connectivity index (χ3v) is 4.47. The largest absolute Gasteiger partial charge is 0.342 e. The number of allylic oxidation sites excluding steroid dienone is 1. The van der Waals surface area contributed by atoms with Crippen LogP contribution in [0.4, 0.5) is 0 Å². The lowest BCUT2D eigenvalue weighted by Crippen LogP contribution is -1.87. The Labute approximate surface area is 173 Å². The molecular weight excluding hydrogens is 382 g/mol. The van der Waals surface area contributed by atoms with Crippen molar-refractivity contribution in [3.8, 4) is 0 Å². The maximum absolute atomic E-state index is 4.49. The van der Waals surface area contributed by atoms with E-state index in [9.17, 15) is 0 Å². The highest BCUT2D eigenvalue weighted by Gasteiger charge is 1.99. The molecule has 0 saturated heterocycles. The van der Waals surface area contributed by atoms with Crippen LogP contribution in [0.5, 0.6) is 0 Å². The van der Waals surface area contributed by atoms with Gasteiger partial charge in [0, 0.05) is 6.42 Å². The predicted molar refractivity (Wildman–Crippen MR) is 131 cm³/mol. The van der Waals surface area contributed by atoms with Crippen molar-refractivity contribution < 1.29 is 0 Å². The molecule has 4 nitrogen and oxygen atoms in total. The van der Waals surface area contributed by atoms with Gasteiger partial charge in [-0.15, -0.1) is 25.1 Å². The number of hydrogen-bond acceptors (Lipinski definition) is 2. The van der Waals surface area contributed by atoms with E-state index < -0.39 is 0 Å². The highest BCUT2D eigenvalue weighted by Crippen LogP contribution is 2.11. The predicted octanol–water partition coefficient (Wildman–Crippen LogP) is 5.93. The number of rotatable bonds is 4. The average Bonchev–Trinajstić information content (AvgIpc) is 3.28. The fourth-order valence-corrected chi connectivity index (χ4v) is 2.68. The lowest BCUT2D eigenvalue weighted by atomic mass is 10.3. The molecule has 2 aromatic carbocycles. The molecule has 0 aliphatic rings. The van der Waals surface area contributed by atoms with E-state index in [0.29, 0.717) is 0 Å². The molecule has 0 aliphatic heterocycles. The Kier molecular flexibility index (Phi) is 11.3. The quantitative estimate of drug-likeness (QED) is 0.321. The first-order valence-corrected chi connectivity index (χ1v) is 10.7. The molecule has 2 heterocycles. The van der Waals surface area contributed by atoms with Crippen LogP contribution in [0.3, 0.4) is 0 Å². The number of para-hydroxylation sites is 4. The van der Waals surface area contributed by atoms with E-state index >= 15 is 0 Å². The molecule has 0 spiro atoms. The summed E-state index contributed by atoms with van der Waals surface area (Å²) in [5.41, 5.74) is 4.36. The molecule has 6 heteroatoms. The highest BCUT2D eigenvalue weighted by molar-refractivity contribution is 7.16. The van der Waals surface area contributed by atoms with Gasteiger partial charge in [-0.3, -0.25) is 0 Å². The summed E-state index contributed by atoms with van der Waals surface area (Å²) < 4.78 is 0. The van der Waals surface area contributed by atoms with E-state index in [-0.39, 0.29) is 7.43 Å². The number of aryl methyl sites for hydroxylation is 2. The molecule has 28 heavy (non-hydrogen) atoms. The van der Waals surface area contributed by atoms with E-state index in [1.54, 1.807) is 0 Å². The Balaban J connectivity index is 0.000000234. The van der Waals surface area contributed by atoms with Gasteiger partial charge in [0.2, 0.25) is 0 Å². The van der Waals surface area contributed by atoms with E-state index in [0.717, 1.165) is 52.5 Å². The molecule has 4 aromatic rings. The summed E-state index contributed by atoms with van der Waals surface area (Å²) in [4.78, 5) is 15.2. The van der Waals surface area contributed by atoms with Gasteiger partial charge < -0.3 is 9.97 Å². The van der Waals surface area contributed by atoms with E-state index in [1.807, 2.05) is 55.5 Å². The van der Waals surface area contributed by atoms with Gasteiger partial charge in [-0.2, -0.15) is 0 Å². The molecule has 2 unspecified atom stereocenters. The maximum Gasteiger partial charge on any atom is 0.107 e. The van der Waals surface area contributed by atoms with Crippen molar-refractivity contribution in [1.29, 1.82) is 0 Å². The standard InChI is InChI=1S/C10H13N2P.C8H8N2.C3H7P.CH4/c13-7-3-6-10-11-8-4-1-2-5-9(8)12-10;1-6-9-7-4-2-3-5-8(7)10-6;1-2-3-4;/h1-2,4-5H,3,6-7,13H2,(H,11,12);2-5H,1H3,(H,9,10);2H,1,3-4H2;1H4. The molecule has 0 radical (unpaired) electrons. The summed E-state index contributed by atoms with van der Waals surface area (Å²) in [5, 5.41) is 0. The minimum Gasteiger partial charge on any atom is -0.342 e. The summed E-state index contributed by atoms with van der Waals surface area (Å²) in [6, 6.07) is 16.2. The molecule has 4 rings (SSSR count). The fraction of sp³-hybridized carbons (Fsp3) is 0.273. The number of H-pyrrole nitrogens is 2. The van der Waals surface area contributed by atoms with Crippen LogP contribution < -0.4 is 0 Å². The van der Waals surface area contributed by atoms with E-state index in [1.165, 1.54) is 6.42 Å². The number of fused-ring (bicyclic) bond motifs is 2. The number of nitrogens with one attached hydrogen (secondary N) is 2. The lowest BCUT2D eigenvalue weighted by Gasteiger charge is -1.90. The maximum atomic E-state index is 4.49. The van der Waals surface area contributed by atoms with Gasteiger partial charge in [-0.25, -0.2) is 9.97 Å². The summed E-state index contributed by atoms with van der Waals surface area (Å²) in [5.74, 6) is 2.07. The van der Waals surface area contributed by atoms with Crippen LogP contribution in [0.2, 0.25) is 0 Å². The average molecular weight is 414 g/mol. The second kappa shape index (κ2) is 13.2. The van der Waals surface area contributed by atoms with E-state index in [2.05, 4.69) is 51.1 Å². The first-order valence-electron chi connectivity index (χ1n) is 9.04. The summed E-state index contributed by atoms with van der Waals surface area (Å²) in [6.07, 6.45) is 6.18. The first-order chi connectivity index (χ1) is 13.2. The Bertz CT molecular complexity index is 893. The molecule has 0 fully saturated rings. The lowest BCUT2D eigenvalue weighted by molar-refractivity contribution is 0.870. The van der Waals surface area contributed by atoms with Crippen LogP contribution in [-0.2, 0) is 6.42 Å². The van der Waals surface area contributed by atoms with Crippen molar-refractivity contribution in [2.45, 2.75) is 27.2 Å². The van der Waals surface area contributed by atoms with E-state index in [4.69, 9.17) is 0 Å². The number of benzene rings is 2. The topological polar surface area (TPSA) is 57.4 Å².